The van der Waals surface area contributed by atoms with Crippen molar-refractivity contribution in [2.24, 2.45) is 0 Å². The largest absolute Gasteiger partial charge is 0.355 e. The molecule has 112 valence electrons. The van der Waals surface area contributed by atoms with Gasteiger partial charge < -0.3 is 0 Å². The Kier molecular flexibility index (Phi) is 3.85. The predicted molar refractivity (Wildman–Crippen MR) is 68.1 cm³/mol. The molecule has 0 aliphatic carbocycles. The van der Waals surface area contributed by atoms with Gasteiger partial charge in [0.25, 0.3) is 5.69 Å². The van der Waals surface area contributed by atoms with E-state index in [1.807, 2.05) is 0 Å². The molecule has 0 spiro atoms. The highest BCUT2D eigenvalue weighted by molar-refractivity contribution is 9.10. The Hall–Kier alpha value is -2.17. The van der Waals surface area contributed by atoms with Gasteiger partial charge in [0.1, 0.15) is 11.5 Å². The lowest BCUT2D eigenvalue weighted by Crippen LogP contribution is -2.25. The molecule has 0 saturated carbocycles. The summed E-state index contributed by atoms with van der Waals surface area (Å²) in [6.07, 6.45) is 0. The number of hydrogen-bond acceptors (Lipinski definition) is 4. The summed E-state index contributed by atoms with van der Waals surface area (Å²) in [5, 5.41) is 14.3. The van der Waals surface area contributed by atoms with Crippen LogP contribution in [-0.2, 0) is 0 Å². The van der Waals surface area contributed by atoms with Crippen LogP contribution < -0.4 is 5.69 Å². The molecule has 21 heavy (non-hydrogen) atoms. The number of aryl methyl sites for hydroxylation is 1. The molecule has 1 aromatic heterocycles. The van der Waals surface area contributed by atoms with E-state index in [1.54, 1.807) is 0 Å². The van der Waals surface area contributed by atoms with E-state index in [-0.39, 0.29) is 14.9 Å². The van der Waals surface area contributed by atoms with E-state index in [2.05, 4.69) is 21.0 Å². The molecule has 0 N–H and O–H groups in total. The Bertz CT molecular complexity index is 787. The van der Waals surface area contributed by atoms with Crippen LogP contribution in [0.25, 0.3) is 5.69 Å². The van der Waals surface area contributed by atoms with Crippen LogP contribution in [0.4, 0.5) is 18.9 Å². The SMILES string of the molecule is Cc1nn(-c2cc([N+](=O)[O-])c(Br)cc2F)c(=O)n1C(F)F. The van der Waals surface area contributed by atoms with Crippen LogP contribution in [0.3, 0.4) is 0 Å². The molecule has 2 aromatic rings. The van der Waals surface area contributed by atoms with Gasteiger partial charge in [-0.15, -0.1) is 5.10 Å². The molecule has 0 aliphatic heterocycles. The van der Waals surface area contributed by atoms with Gasteiger partial charge >= 0.3 is 12.2 Å². The summed E-state index contributed by atoms with van der Waals surface area (Å²) in [5.41, 5.74) is -2.40. The molecule has 1 heterocycles. The summed E-state index contributed by atoms with van der Waals surface area (Å²) in [7, 11) is 0. The van der Waals surface area contributed by atoms with Crippen LogP contribution in [0.15, 0.2) is 21.4 Å². The number of hydrogen-bond donors (Lipinski definition) is 0. The van der Waals surface area contributed by atoms with E-state index in [4.69, 9.17) is 0 Å². The van der Waals surface area contributed by atoms with Gasteiger partial charge in [-0.1, -0.05) is 0 Å². The molecule has 0 fully saturated rings. The van der Waals surface area contributed by atoms with Crippen LogP contribution in [0.2, 0.25) is 0 Å². The second-order valence-electron chi connectivity index (χ2n) is 3.90. The molecule has 0 radical (unpaired) electrons. The minimum absolute atomic E-state index is 0.0489. The second-order valence-corrected chi connectivity index (χ2v) is 4.76. The maximum Gasteiger partial charge on any atom is 0.355 e. The highest BCUT2D eigenvalue weighted by Gasteiger charge is 2.23. The van der Waals surface area contributed by atoms with Gasteiger partial charge in [0.2, 0.25) is 0 Å². The first-order chi connectivity index (χ1) is 9.73. The number of nitro groups is 1. The Morgan fingerprint density at radius 3 is 2.52 bits per heavy atom. The van der Waals surface area contributed by atoms with Crippen molar-refractivity contribution in [2.45, 2.75) is 13.5 Å². The van der Waals surface area contributed by atoms with Crippen LogP contribution >= 0.6 is 15.9 Å². The molecule has 0 aliphatic rings. The third-order valence-corrected chi connectivity index (χ3v) is 3.25. The van der Waals surface area contributed by atoms with E-state index in [9.17, 15) is 28.1 Å². The van der Waals surface area contributed by atoms with Gasteiger partial charge in [-0.2, -0.15) is 13.5 Å². The van der Waals surface area contributed by atoms with Gasteiger partial charge in [0.05, 0.1) is 9.40 Å². The molecule has 1 aromatic carbocycles. The van der Waals surface area contributed by atoms with E-state index < -0.39 is 34.4 Å². The fraction of sp³-hybridized carbons (Fsp3) is 0.200. The summed E-state index contributed by atoms with van der Waals surface area (Å²) in [6, 6.07) is 1.50. The van der Waals surface area contributed by atoms with Crippen LogP contribution in [0, 0.1) is 22.9 Å². The number of alkyl halides is 2. The zero-order valence-electron chi connectivity index (χ0n) is 10.3. The summed E-state index contributed by atoms with van der Waals surface area (Å²) in [5.74, 6) is -1.37. The summed E-state index contributed by atoms with van der Waals surface area (Å²) in [6.45, 7) is -2.02. The van der Waals surface area contributed by atoms with Crippen molar-refractivity contribution in [3.05, 3.63) is 48.8 Å². The Balaban J connectivity index is 2.74. The number of nitro benzene ring substituents is 1. The van der Waals surface area contributed by atoms with Crippen molar-refractivity contribution >= 4 is 21.6 Å². The highest BCUT2D eigenvalue weighted by atomic mass is 79.9. The monoisotopic (exact) mass is 366 g/mol. The zero-order valence-corrected chi connectivity index (χ0v) is 11.8. The molecular formula is C10H6BrF3N4O3. The second kappa shape index (κ2) is 5.31. The molecule has 0 amide bonds. The zero-order chi connectivity index (χ0) is 15.9. The molecule has 2 rings (SSSR count). The van der Waals surface area contributed by atoms with Crippen molar-refractivity contribution in [3.63, 3.8) is 0 Å². The quantitative estimate of drug-likeness (QED) is 0.617. The van der Waals surface area contributed by atoms with E-state index in [1.165, 1.54) is 0 Å². The third kappa shape index (κ3) is 2.55. The normalized spacial score (nSPS) is 11.1. The van der Waals surface area contributed by atoms with Gasteiger partial charge in [0, 0.05) is 6.07 Å². The first-order valence-corrected chi connectivity index (χ1v) is 6.13. The lowest BCUT2D eigenvalue weighted by atomic mass is 10.2. The Morgan fingerprint density at radius 2 is 2.05 bits per heavy atom. The third-order valence-electron chi connectivity index (χ3n) is 2.62. The number of aromatic nitrogens is 3. The standard InChI is InChI=1S/C10H6BrF3N4O3/c1-4-15-17(10(19)16(4)9(13)14)8-3-7(18(20)21)5(11)2-6(8)12/h2-3,9H,1H3. The summed E-state index contributed by atoms with van der Waals surface area (Å²) < 4.78 is 39.5. The lowest BCUT2D eigenvalue weighted by molar-refractivity contribution is -0.385. The smallest absolute Gasteiger partial charge is 0.258 e. The molecule has 0 bridgehead atoms. The molecule has 7 nitrogen and oxygen atoms in total. The minimum atomic E-state index is -3.15. The minimum Gasteiger partial charge on any atom is -0.258 e. The summed E-state index contributed by atoms with van der Waals surface area (Å²) >= 11 is 2.80. The van der Waals surface area contributed by atoms with Crippen LogP contribution in [0.5, 0.6) is 0 Å². The van der Waals surface area contributed by atoms with E-state index in [0.717, 1.165) is 19.1 Å². The van der Waals surface area contributed by atoms with Crippen molar-refractivity contribution < 1.29 is 18.1 Å². The van der Waals surface area contributed by atoms with Gasteiger partial charge in [-0.05, 0) is 28.9 Å². The Morgan fingerprint density at radius 1 is 1.43 bits per heavy atom. The highest BCUT2D eigenvalue weighted by Crippen LogP contribution is 2.29. The van der Waals surface area contributed by atoms with Crippen molar-refractivity contribution in [3.8, 4) is 5.69 Å². The lowest BCUT2D eigenvalue weighted by Gasteiger charge is -2.03. The van der Waals surface area contributed by atoms with Crippen molar-refractivity contribution in [2.75, 3.05) is 0 Å². The Labute approximate surface area is 122 Å². The summed E-state index contributed by atoms with van der Waals surface area (Å²) in [4.78, 5) is 21.8. The van der Waals surface area contributed by atoms with Gasteiger partial charge in [0.15, 0.2) is 5.82 Å². The van der Waals surface area contributed by atoms with Crippen LogP contribution in [0.1, 0.15) is 12.4 Å². The van der Waals surface area contributed by atoms with Gasteiger partial charge in [-0.25, -0.2) is 13.8 Å². The maximum absolute atomic E-state index is 13.9. The topological polar surface area (TPSA) is 83.0 Å². The van der Waals surface area contributed by atoms with Crippen molar-refractivity contribution in [1.29, 1.82) is 0 Å². The average molecular weight is 367 g/mol. The fourth-order valence-electron chi connectivity index (χ4n) is 1.69. The predicted octanol–water partition coefficient (Wildman–Crippen LogP) is 2.55. The molecule has 0 saturated heterocycles. The fourth-order valence-corrected chi connectivity index (χ4v) is 2.15. The molecule has 0 atom stereocenters. The average Bonchev–Trinajstić information content (AvgIpc) is 2.64. The maximum atomic E-state index is 13.9. The van der Waals surface area contributed by atoms with Gasteiger partial charge in [-0.3, -0.25) is 10.1 Å². The first-order valence-electron chi connectivity index (χ1n) is 5.34. The van der Waals surface area contributed by atoms with E-state index in [0.29, 0.717) is 4.68 Å². The molecule has 11 heteroatoms. The number of benzene rings is 1. The first kappa shape index (κ1) is 15.2. The number of nitrogens with zero attached hydrogens (tertiary/aromatic N) is 4. The van der Waals surface area contributed by atoms with E-state index >= 15 is 0 Å². The number of halogens is 4. The molecular weight excluding hydrogens is 361 g/mol. The van der Waals surface area contributed by atoms with Crippen molar-refractivity contribution in [1.82, 2.24) is 14.3 Å². The van der Waals surface area contributed by atoms with Crippen LogP contribution in [-0.4, -0.2) is 19.3 Å². The molecule has 0 unspecified atom stereocenters. The number of rotatable bonds is 3.